The van der Waals surface area contributed by atoms with Crippen molar-refractivity contribution in [3.8, 4) is 0 Å². The molecular weight excluding hydrogens is 178 g/mol. The van der Waals surface area contributed by atoms with Gasteiger partial charge in [-0.15, -0.1) is 0 Å². The highest BCUT2D eigenvalue weighted by molar-refractivity contribution is 5.53. The van der Waals surface area contributed by atoms with Gasteiger partial charge in [0.1, 0.15) is 18.3 Å². The Kier molecular flexibility index (Phi) is 2.40. The lowest BCUT2D eigenvalue weighted by Crippen LogP contribution is -2.22. The molecule has 0 bridgehead atoms. The zero-order valence-electron chi connectivity index (χ0n) is 7.51. The Bertz CT molecular complexity index is 488. The van der Waals surface area contributed by atoms with Gasteiger partial charge in [0.25, 0.3) is 0 Å². The highest BCUT2D eigenvalue weighted by atomic mass is 16.5. The van der Waals surface area contributed by atoms with E-state index in [1.54, 1.807) is 12.5 Å². The van der Waals surface area contributed by atoms with Crippen molar-refractivity contribution in [3.63, 3.8) is 0 Å². The van der Waals surface area contributed by atoms with Gasteiger partial charge in [-0.05, 0) is 12.1 Å². The quantitative estimate of drug-likeness (QED) is 0.632. The number of carbonyl (C=O) groups is 1. The topological polar surface area (TPSA) is 38.7 Å². The zero-order valence-corrected chi connectivity index (χ0v) is 7.51. The van der Waals surface area contributed by atoms with Gasteiger partial charge in [0.2, 0.25) is 0 Å². The second-order valence-electron chi connectivity index (χ2n) is 2.89. The van der Waals surface area contributed by atoms with Gasteiger partial charge in [0.15, 0.2) is 0 Å². The fraction of sp³-hybridized carbons (Fsp3) is 0.0909. The summed E-state index contributed by atoms with van der Waals surface area (Å²) in [6.45, 7) is 0. The van der Waals surface area contributed by atoms with E-state index in [1.165, 1.54) is 0 Å². The predicted molar refractivity (Wildman–Crippen MR) is 51.5 cm³/mol. The molecule has 0 aliphatic carbocycles. The number of allylic oxidation sites excluding steroid dienone is 1. The number of aldehydes is 1. The number of nitrogens with zero attached hydrogens (tertiary/aromatic N) is 1. The summed E-state index contributed by atoms with van der Waals surface area (Å²) in [7, 11) is 0. The van der Waals surface area contributed by atoms with Crippen LogP contribution in [0.25, 0.3) is 6.26 Å². The summed E-state index contributed by atoms with van der Waals surface area (Å²) >= 11 is 0. The molecule has 1 aromatic carbocycles. The molecule has 0 unspecified atom stereocenters. The van der Waals surface area contributed by atoms with E-state index in [0.29, 0.717) is 5.76 Å². The summed E-state index contributed by atoms with van der Waals surface area (Å²) in [5.74, 6) is 0.566. The lowest BCUT2D eigenvalue weighted by molar-refractivity contribution is -0.107. The molecule has 0 fully saturated rings. The zero-order chi connectivity index (χ0) is 9.80. The smallest absolute Gasteiger partial charge is 0.128 e. The van der Waals surface area contributed by atoms with E-state index in [-0.39, 0.29) is 6.42 Å². The van der Waals surface area contributed by atoms with Gasteiger partial charge in [-0.25, -0.2) is 0 Å². The molecule has 0 saturated heterocycles. The number of hydrogen-bond donors (Lipinski definition) is 0. The maximum absolute atomic E-state index is 10.3. The molecule has 1 aliphatic rings. The molecule has 0 N–H and O–H groups in total. The van der Waals surface area contributed by atoms with E-state index >= 15 is 0 Å². The molecule has 1 aliphatic heterocycles. The third-order valence-electron chi connectivity index (χ3n) is 1.91. The summed E-state index contributed by atoms with van der Waals surface area (Å²) < 4.78 is 5.28. The second kappa shape index (κ2) is 3.87. The Morgan fingerprint density at radius 3 is 3.07 bits per heavy atom. The van der Waals surface area contributed by atoms with Crippen LogP contribution in [0.3, 0.4) is 0 Å². The third-order valence-corrected chi connectivity index (χ3v) is 1.91. The minimum Gasteiger partial charge on any atom is -0.467 e. The second-order valence-corrected chi connectivity index (χ2v) is 2.89. The molecule has 0 saturated carbocycles. The van der Waals surface area contributed by atoms with E-state index in [9.17, 15) is 4.79 Å². The van der Waals surface area contributed by atoms with Crippen LogP contribution in [-0.2, 0) is 9.53 Å². The van der Waals surface area contributed by atoms with Gasteiger partial charge < -0.3 is 9.53 Å². The van der Waals surface area contributed by atoms with Gasteiger partial charge in [0, 0.05) is 5.22 Å². The highest BCUT2D eigenvalue weighted by Gasteiger charge is 1.98. The third kappa shape index (κ3) is 1.71. The molecule has 1 heterocycles. The van der Waals surface area contributed by atoms with Crippen molar-refractivity contribution in [3.05, 3.63) is 46.8 Å². The van der Waals surface area contributed by atoms with Crippen LogP contribution in [0.1, 0.15) is 6.42 Å². The van der Waals surface area contributed by atoms with Crippen molar-refractivity contribution in [1.82, 2.24) is 0 Å². The maximum Gasteiger partial charge on any atom is 0.128 e. The molecule has 70 valence electrons. The number of para-hydroxylation sites is 1. The fourth-order valence-electron chi connectivity index (χ4n) is 1.20. The Morgan fingerprint density at radius 2 is 2.21 bits per heavy atom. The van der Waals surface area contributed by atoms with Crippen molar-refractivity contribution < 1.29 is 9.53 Å². The van der Waals surface area contributed by atoms with Gasteiger partial charge in [-0.2, -0.15) is 0 Å². The van der Waals surface area contributed by atoms with E-state index < -0.39 is 0 Å². The minimum absolute atomic E-state index is 0.258. The number of ether oxygens (including phenoxy) is 1. The number of carbonyl (C=O) groups excluding carboxylic acids is 1. The van der Waals surface area contributed by atoms with E-state index in [2.05, 4.69) is 4.99 Å². The van der Waals surface area contributed by atoms with Crippen LogP contribution in [0, 0.1) is 0 Å². The van der Waals surface area contributed by atoms with Crippen molar-refractivity contribution in [2.45, 2.75) is 6.42 Å². The predicted octanol–water partition coefficient (Wildman–Crippen LogP) is 0.505. The first-order chi connectivity index (χ1) is 6.90. The standard InChI is InChI=1S/C11H9NO2/c13-6-5-10-7-12-11-4-2-1-3-9(11)8-14-10/h1-4,6-8H,5H2. The SMILES string of the molecule is O=CCC1=CN=c2ccccc2=CO1. The Hall–Kier alpha value is -1.90. The van der Waals surface area contributed by atoms with Crippen LogP contribution < -0.4 is 10.6 Å². The van der Waals surface area contributed by atoms with Crippen LogP contribution in [0.15, 0.2) is 41.2 Å². The molecule has 0 atom stereocenters. The van der Waals surface area contributed by atoms with Crippen LogP contribution in [-0.4, -0.2) is 6.29 Å². The summed E-state index contributed by atoms with van der Waals surface area (Å²) in [6.07, 6.45) is 4.25. The normalized spacial score (nSPS) is 13.6. The minimum atomic E-state index is 0.258. The average molecular weight is 187 g/mol. The Morgan fingerprint density at radius 1 is 1.36 bits per heavy atom. The van der Waals surface area contributed by atoms with Crippen molar-refractivity contribution in [2.75, 3.05) is 0 Å². The number of hydrogen-bond acceptors (Lipinski definition) is 3. The number of rotatable bonds is 2. The van der Waals surface area contributed by atoms with Crippen LogP contribution in [0.5, 0.6) is 0 Å². The van der Waals surface area contributed by atoms with E-state index in [4.69, 9.17) is 4.74 Å². The molecule has 0 aromatic heterocycles. The summed E-state index contributed by atoms with van der Waals surface area (Å²) in [5, 5.41) is 1.78. The van der Waals surface area contributed by atoms with Gasteiger partial charge >= 0.3 is 0 Å². The molecule has 3 heteroatoms. The lowest BCUT2D eigenvalue weighted by Gasteiger charge is -1.97. The molecule has 14 heavy (non-hydrogen) atoms. The largest absolute Gasteiger partial charge is 0.467 e. The van der Waals surface area contributed by atoms with Crippen molar-refractivity contribution in [1.29, 1.82) is 0 Å². The first-order valence-corrected chi connectivity index (χ1v) is 4.32. The van der Waals surface area contributed by atoms with E-state index in [0.717, 1.165) is 16.9 Å². The molecular formula is C11H9NO2. The molecule has 0 amide bonds. The van der Waals surface area contributed by atoms with Crippen molar-refractivity contribution >= 4 is 12.5 Å². The van der Waals surface area contributed by atoms with Gasteiger partial charge in [-0.3, -0.25) is 4.99 Å². The highest BCUT2D eigenvalue weighted by Crippen LogP contribution is 2.02. The maximum atomic E-state index is 10.3. The Labute approximate surface area is 81.0 Å². The lowest BCUT2D eigenvalue weighted by atomic mass is 10.3. The number of benzene rings is 1. The number of fused-ring (bicyclic) bond motifs is 1. The van der Waals surface area contributed by atoms with Crippen molar-refractivity contribution in [2.24, 2.45) is 4.99 Å². The summed E-state index contributed by atoms with van der Waals surface area (Å²) in [4.78, 5) is 14.5. The summed E-state index contributed by atoms with van der Waals surface area (Å²) in [6, 6.07) is 7.64. The molecule has 0 spiro atoms. The average Bonchev–Trinajstić information content (AvgIpc) is 2.42. The molecule has 3 nitrogen and oxygen atoms in total. The molecule has 2 rings (SSSR count). The van der Waals surface area contributed by atoms with Gasteiger partial charge in [-0.1, -0.05) is 12.1 Å². The Balaban J connectivity index is 2.46. The van der Waals surface area contributed by atoms with Crippen LogP contribution >= 0.6 is 0 Å². The molecule has 1 aromatic rings. The molecule has 0 radical (unpaired) electrons. The first kappa shape index (κ1) is 8.69. The van der Waals surface area contributed by atoms with Gasteiger partial charge in [0.05, 0.1) is 18.0 Å². The summed E-state index contributed by atoms with van der Waals surface area (Å²) in [5.41, 5.74) is 0. The van der Waals surface area contributed by atoms with E-state index in [1.807, 2.05) is 24.3 Å². The fourth-order valence-corrected chi connectivity index (χ4v) is 1.20. The monoisotopic (exact) mass is 187 g/mol. The van der Waals surface area contributed by atoms with Crippen LogP contribution in [0.4, 0.5) is 0 Å². The van der Waals surface area contributed by atoms with Crippen LogP contribution in [0.2, 0.25) is 0 Å². The first-order valence-electron chi connectivity index (χ1n) is 4.32.